The number of nitrogens with zero attached hydrogens (tertiary/aromatic N) is 1. The van der Waals surface area contributed by atoms with E-state index in [0.717, 1.165) is 5.75 Å². The lowest BCUT2D eigenvalue weighted by molar-refractivity contribution is 0.0962. The molecule has 0 radical (unpaired) electrons. The first kappa shape index (κ1) is 14.6. The van der Waals surface area contributed by atoms with Crippen molar-refractivity contribution >= 4 is 5.91 Å². The normalized spacial score (nSPS) is 14.8. The molecular formula is C18H20N2O2. The molecule has 1 aromatic carbocycles. The van der Waals surface area contributed by atoms with Crippen molar-refractivity contribution in [2.24, 2.45) is 0 Å². The Bertz CT molecular complexity index is 629. The third kappa shape index (κ3) is 3.27. The zero-order valence-corrected chi connectivity index (χ0v) is 12.7. The number of aromatic nitrogens is 1. The number of nitrogens with one attached hydrogen (secondary N) is 1. The van der Waals surface area contributed by atoms with Gasteiger partial charge in [-0.15, -0.1) is 0 Å². The van der Waals surface area contributed by atoms with Crippen LogP contribution in [0.2, 0.25) is 0 Å². The molecular weight excluding hydrogens is 276 g/mol. The lowest BCUT2D eigenvalue weighted by atomic mass is 9.98. The molecule has 0 saturated heterocycles. The highest BCUT2D eigenvalue weighted by Crippen LogP contribution is 2.34. The van der Waals surface area contributed by atoms with Gasteiger partial charge in [0.15, 0.2) is 0 Å². The van der Waals surface area contributed by atoms with Crippen LogP contribution in [0, 0.1) is 0 Å². The summed E-state index contributed by atoms with van der Waals surface area (Å²) in [5, 5.41) is 2.56. The van der Waals surface area contributed by atoms with E-state index in [1.165, 1.54) is 37.4 Å². The minimum atomic E-state index is -0.153. The molecule has 1 fully saturated rings. The Kier molecular flexibility index (Phi) is 4.37. The van der Waals surface area contributed by atoms with Crippen molar-refractivity contribution in [2.45, 2.75) is 31.6 Å². The first-order chi connectivity index (χ1) is 10.8. The minimum Gasteiger partial charge on any atom is -0.439 e. The van der Waals surface area contributed by atoms with Gasteiger partial charge in [0.25, 0.3) is 5.91 Å². The predicted molar refractivity (Wildman–Crippen MR) is 85.4 cm³/mol. The Balaban J connectivity index is 1.66. The van der Waals surface area contributed by atoms with Gasteiger partial charge in [-0.1, -0.05) is 25.0 Å². The second-order valence-electron chi connectivity index (χ2n) is 5.62. The van der Waals surface area contributed by atoms with Crippen LogP contribution in [0.4, 0.5) is 0 Å². The molecule has 0 atom stereocenters. The molecule has 2 aromatic rings. The fourth-order valence-corrected chi connectivity index (χ4v) is 2.91. The maximum Gasteiger partial charge on any atom is 0.252 e. The highest BCUT2D eigenvalue weighted by atomic mass is 16.5. The van der Waals surface area contributed by atoms with E-state index >= 15 is 0 Å². The van der Waals surface area contributed by atoms with Crippen LogP contribution in [0.25, 0.3) is 0 Å². The van der Waals surface area contributed by atoms with Crippen molar-refractivity contribution in [3.8, 4) is 11.6 Å². The van der Waals surface area contributed by atoms with E-state index in [1.54, 1.807) is 19.2 Å². The molecule has 1 aliphatic rings. The first-order valence-electron chi connectivity index (χ1n) is 7.72. The van der Waals surface area contributed by atoms with Crippen molar-refractivity contribution in [1.29, 1.82) is 0 Å². The fourth-order valence-electron chi connectivity index (χ4n) is 2.91. The molecule has 22 heavy (non-hydrogen) atoms. The van der Waals surface area contributed by atoms with Gasteiger partial charge in [-0.2, -0.15) is 0 Å². The number of pyridine rings is 1. The van der Waals surface area contributed by atoms with Crippen molar-refractivity contribution < 1.29 is 9.53 Å². The zero-order valence-electron chi connectivity index (χ0n) is 12.7. The van der Waals surface area contributed by atoms with E-state index in [2.05, 4.69) is 22.4 Å². The van der Waals surface area contributed by atoms with Gasteiger partial charge in [-0.25, -0.2) is 4.98 Å². The Labute approximate surface area is 130 Å². The quantitative estimate of drug-likeness (QED) is 0.931. The van der Waals surface area contributed by atoms with E-state index in [9.17, 15) is 4.79 Å². The first-order valence-corrected chi connectivity index (χ1v) is 7.72. The number of benzene rings is 1. The summed E-state index contributed by atoms with van der Waals surface area (Å²) in [7, 11) is 1.60. The van der Waals surface area contributed by atoms with Crippen LogP contribution in [-0.4, -0.2) is 17.9 Å². The smallest absolute Gasteiger partial charge is 0.252 e. The van der Waals surface area contributed by atoms with Crippen LogP contribution in [-0.2, 0) is 0 Å². The summed E-state index contributed by atoms with van der Waals surface area (Å²) >= 11 is 0. The number of carbonyl (C=O) groups is 1. The number of amides is 1. The summed E-state index contributed by atoms with van der Waals surface area (Å²) in [6.45, 7) is 0. The van der Waals surface area contributed by atoms with E-state index in [4.69, 9.17) is 4.74 Å². The highest BCUT2D eigenvalue weighted by molar-refractivity contribution is 5.93. The Morgan fingerprint density at radius 3 is 2.45 bits per heavy atom. The molecule has 1 aromatic heterocycles. The Hall–Kier alpha value is -2.36. The van der Waals surface area contributed by atoms with Gasteiger partial charge >= 0.3 is 0 Å². The molecule has 0 spiro atoms. The minimum absolute atomic E-state index is 0.153. The molecule has 1 saturated carbocycles. The van der Waals surface area contributed by atoms with Crippen LogP contribution >= 0.6 is 0 Å². The zero-order chi connectivity index (χ0) is 15.4. The second-order valence-corrected chi connectivity index (χ2v) is 5.62. The van der Waals surface area contributed by atoms with Crippen molar-refractivity contribution in [2.75, 3.05) is 7.05 Å². The summed E-state index contributed by atoms with van der Waals surface area (Å²) in [6, 6.07) is 11.7. The number of rotatable bonds is 4. The van der Waals surface area contributed by atoms with E-state index < -0.39 is 0 Å². The molecule has 4 heteroatoms. The number of carbonyl (C=O) groups excluding carboxylic acids is 1. The van der Waals surface area contributed by atoms with Gasteiger partial charge in [0.1, 0.15) is 5.75 Å². The van der Waals surface area contributed by atoms with Crippen molar-refractivity contribution in [3.05, 3.63) is 53.7 Å². The van der Waals surface area contributed by atoms with Crippen molar-refractivity contribution in [1.82, 2.24) is 10.3 Å². The maximum absolute atomic E-state index is 11.5. The maximum atomic E-state index is 11.5. The molecule has 3 rings (SSSR count). The molecule has 114 valence electrons. The summed E-state index contributed by atoms with van der Waals surface area (Å²) in [5.74, 6) is 1.81. The lowest BCUT2D eigenvalue weighted by Gasteiger charge is -2.10. The van der Waals surface area contributed by atoms with Crippen LogP contribution in [0.5, 0.6) is 11.6 Å². The standard InChI is InChI=1S/C18H20N2O2/c1-19-18(21)15-8-11-17(20-12-15)22-16-9-6-14(7-10-16)13-4-2-3-5-13/h6-13H,2-5H2,1H3,(H,19,21). The van der Waals surface area contributed by atoms with Crippen LogP contribution in [0.15, 0.2) is 42.6 Å². The molecule has 1 heterocycles. The van der Waals surface area contributed by atoms with Crippen LogP contribution in [0.1, 0.15) is 47.5 Å². The van der Waals surface area contributed by atoms with Gasteiger partial charge in [-0.3, -0.25) is 4.79 Å². The summed E-state index contributed by atoms with van der Waals surface area (Å²) in [6.07, 6.45) is 6.78. The molecule has 1 aliphatic carbocycles. The van der Waals surface area contributed by atoms with Gasteiger partial charge in [0, 0.05) is 19.3 Å². The monoisotopic (exact) mass is 296 g/mol. The SMILES string of the molecule is CNC(=O)c1ccc(Oc2ccc(C3CCCC3)cc2)nc1. The van der Waals surface area contributed by atoms with Gasteiger partial charge in [0.2, 0.25) is 5.88 Å². The van der Waals surface area contributed by atoms with Gasteiger partial charge in [-0.05, 0) is 42.5 Å². The number of hydrogen-bond acceptors (Lipinski definition) is 3. The highest BCUT2D eigenvalue weighted by Gasteiger charge is 2.16. The second kappa shape index (κ2) is 6.60. The van der Waals surface area contributed by atoms with Crippen LogP contribution < -0.4 is 10.1 Å². The molecule has 1 N–H and O–H groups in total. The van der Waals surface area contributed by atoms with Crippen LogP contribution in [0.3, 0.4) is 0 Å². The third-order valence-electron chi connectivity index (χ3n) is 4.15. The van der Waals surface area contributed by atoms with E-state index in [1.807, 2.05) is 12.1 Å². The van der Waals surface area contributed by atoms with Crippen molar-refractivity contribution in [3.63, 3.8) is 0 Å². The average Bonchev–Trinajstić information content (AvgIpc) is 3.10. The molecule has 4 nitrogen and oxygen atoms in total. The summed E-state index contributed by atoms with van der Waals surface area (Å²) in [5.41, 5.74) is 1.92. The van der Waals surface area contributed by atoms with E-state index in [-0.39, 0.29) is 5.91 Å². The molecule has 0 unspecified atom stereocenters. The third-order valence-corrected chi connectivity index (χ3v) is 4.15. The molecule has 1 amide bonds. The lowest BCUT2D eigenvalue weighted by Crippen LogP contribution is -2.17. The molecule has 0 aliphatic heterocycles. The van der Waals surface area contributed by atoms with E-state index in [0.29, 0.717) is 17.4 Å². The number of ether oxygens (including phenoxy) is 1. The fraction of sp³-hybridized carbons (Fsp3) is 0.333. The molecule has 0 bridgehead atoms. The summed E-state index contributed by atoms with van der Waals surface area (Å²) < 4.78 is 5.72. The largest absolute Gasteiger partial charge is 0.439 e. The predicted octanol–water partition coefficient (Wildman–Crippen LogP) is 3.89. The number of hydrogen-bond donors (Lipinski definition) is 1. The summed E-state index contributed by atoms with van der Waals surface area (Å²) in [4.78, 5) is 15.6. The average molecular weight is 296 g/mol. The Morgan fingerprint density at radius 1 is 1.14 bits per heavy atom. The van der Waals surface area contributed by atoms with Gasteiger partial charge < -0.3 is 10.1 Å². The topological polar surface area (TPSA) is 51.2 Å². The Morgan fingerprint density at radius 2 is 1.86 bits per heavy atom. The van der Waals surface area contributed by atoms with Gasteiger partial charge in [0.05, 0.1) is 5.56 Å².